The molecule has 21 heavy (non-hydrogen) atoms. The molecule has 0 bridgehead atoms. The molecule has 1 aromatic rings. The molecule has 0 amide bonds. The minimum atomic E-state index is -0.507. The maximum atomic E-state index is 11.5. The lowest BCUT2D eigenvalue weighted by Gasteiger charge is -2.41. The maximum Gasteiger partial charge on any atom is 0.309 e. The second kappa shape index (κ2) is 6.49. The van der Waals surface area contributed by atoms with E-state index in [9.17, 15) is 4.79 Å². The number of nitriles is 1. The summed E-state index contributed by atoms with van der Waals surface area (Å²) < 4.78 is 16.3. The van der Waals surface area contributed by atoms with Crippen molar-refractivity contribution in [3.8, 4) is 17.6 Å². The van der Waals surface area contributed by atoms with E-state index >= 15 is 0 Å². The van der Waals surface area contributed by atoms with E-state index in [1.54, 1.807) is 18.2 Å². The Morgan fingerprint density at radius 3 is 2.67 bits per heavy atom. The van der Waals surface area contributed by atoms with Crippen LogP contribution < -0.4 is 9.47 Å². The van der Waals surface area contributed by atoms with Crippen molar-refractivity contribution < 1.29 is 19.0 Å². The topological polar surface area (TPSA) is 68.5 Å². The Labute approximate surface area is 124 Å². The number of esters is 1. The van der Waals surface area contributed by atoms with Gasteiger partial charge in [-0.2, -0.15) is 5.26 Å². The van der Waals surface area contributed by atoms with E-state index in [0.717, 1.165) is 19.3 Å². The molecule has 0 N–H and O–H groups in total. The molecule has 2 rings (SSSR count). The first kappa shape index (κ1) is 15.2. The van der Waals surface area contributed by atoms with Crippen molar-refractivity contribution in [2.45, 2.75) is 38.2 Å². The summed E-state index contributed by atoms with van der Waals surface area (Å²) in [4.78, 5) is 11.5. The summed E-state index contributed by atoms with van der Waals surface area (Å²) in [5.74, 6) is 0.827. The van der Waals surface area contributed by atoms with Gasteiger partial charge in [-0.1, -0.05) is 0 Å². The molecular weight excluding hydrogens is 270 g/mol. The quantitative estimate of drug-likeness (QED) is 0.753. The van der Waals surface area contributed by atoms with Crippen LogP contribution in [-0.2, 0) is 9.53 Å². The molecule has 1 aromatic carbocycles. The van der Waals surface area contributed by atoms with Gasteiger partial charge in [-0.15, -0.1) is 0 Å². The van der Waals surface area contributed by atoms with E-state index in [1.165, 1.54) is 7.11 Å². The zero-order valence-electron chi connectivity index (χ0n) is 12.3. The van der Waals surface area contributed by atoms with Gasteiger partial charge in [0.2, 0.25) is 0 Å². The van der Waals surface area contributed by atoms with Crippen LogP contribution in [0.4, 0.5) is 0 Å². The van der Waals surface area contributed by atoms with Crippen molar-refractivity contribution in [3.05, 3.63) is 23.8 Å². The van der Waals surface area contributed by atoms with E-state index in [0.29, 0.717) is 23.7 Å². The Morgan fingerprint density at radius 2 is 2.14 bits per heavy atom. The average molecular weight is 289 g/mol. The van der Waals surface area contributed by atoms with Crippen molar-refractivity contribution in [1.29, 1.82) is 5.26 Å². The zero-order valence-corrected chi connectivity index (χ0v) is 12.3. The van der Waals surface area contributed by atoms with Crippen LogP contribution in [-0.4, -0.2) is 25.3 Å². The number of carbonyl (C=O) groups is 1. The molecule has 1 aliphatic rings. The summed E-state index contributed by atoms with van der Waals surface area (Å²) in [5, 5.41) is 8.95. The normalized spacial score (nSPS) is 15.5. The molecule has 0 saturated heterocycles. The molecular formula is C16H19NO4. The molecule has 0 heterocycles. The summed E-state index contributed by atoms with van der Waals surface area (Å²) in [6.07, 6.45) is 2.88. The number of ether oxygens (including phenoxy) is 3. The number of methoxy groups -OCH3 is 1. The van der Waals surface area contributed by atoms with E-state index < -0.39 is 5.60 Å². The molecule has 0 aromatic heterocycles. The lowest BCUT2D eigenvalue weighted by Crippen LogP contribution is -2.45. The first-order valence-corrected chi connectivity index (χ1v) is 7.05. The van der Waals surface area contributed by atoms with E-state index in [4.69, 9.17) is 19.5 Å². The van der Waals surface area contributed by atoms with Gasteiger partial charge in [-0.25, -0.2) is 0 Å². The predicted octanol–water partition coefficient (Wildman–Crippen LogP) is 2.82. The molecule has 0 radical (unpaired) electrons. The third-order valence-corrected chi connectivity index (χ3v) is 3.66. The predicted molar refractivity (Wildman–Crippen MR) is 76.2 cm³/mol. The number of benzene rings is 1. The van der Waals surface area contributed by atoms with Crippen molar-refractivity contribution in [2.24, 2.45) is 0 Å². The lowest BCUT2D eigenvalue weighted by molar-refractivity contribution is -0.148. The highest BCUT2D eigenvalue weighted by Crippen LogP contribution is 2.42. The summed E-state index contributed by atoms with van der Waals surface area (Å²) in [7, 11) is 1.38. The summed E-state index contributed by atoms with van der Waals surface area (Å²) in [5.41, 5.74) is 0.00837. The molecule has 5 nitrogen and oxygen atoms in total. The average Bonchev–Trinajstić information content (AvgIpc) is 2.46. The SMILES string of the molecule is CCOc1cc(C#N)ccc1OC1(CC(=O)OC)CCC1. The van der Waals surface area contributed by atoms with Gasteiger partial charge in [-0.05, 0) is 38.3 Å². The highest BCUT2D eigenvalue weighted by atomic mass is 16.5. The smallest absolute Gasteiger partial charge is 0.309 e. The van der Waals surface area contributed by atoms with Crippen molar-refractivity contribution in [2.75, 3.05) is 13.7 Å². The van der Waals surface area contributed by atoms with Gasteiger partial charge in [-0.3, -0.25) is 4.79 Å². The van der Waals surface area contributed by atoms with Crippen LogP contribution in [0.5, 0.6) is 11.5 Å². The van der Waals surface area contributed by atoms with Gasteiger partial charge >= 0.3 is 5.97 Å². The Morgan fingerprint density at radius 1 is 1.38 bits per heavy atom. The second-order valence-electron chi connectivity index (χ2n) is 5.10. The third kappa shape index (κ3) is 3.46. The maximum absolute atomic E-state index is 11.5. The molecule has 1 aliphatic carbocycles. The van der Waals surface area contributed by atoms with E-state index in [1.807, 2.05) is 6.92 Å². The highest BCUT2D eigenvalue weighted by Gasteiger charge is 2.42. The number of hydrogen-bond donors (Lipinski definition) is 0. The van der Waals surface area contributed by atoms with Crippen LogP contribution in [0.25, 0.3) is 0 Å². The molecule has 5 heteroatoms. The van der Waals surface area contributed by atoms with Gasteiger partial charge in [0.25, 0.3) is 0 Å². The molecule has 0 spiro atoms. The zero-order chi connectivity index (χ0) is 15.3. The molecule has 1 saturated carbocycles. The first-order chi connectivity index (χ1) is 10.1. The summed E-state index contributed by atoms with van der Waals surface area (Å²) >= 11 is 0. The van der Waals surface area contributed by atoms with Crippen LogP contribution in [0.15, 0.2) is 18.2 Å². The Kier molecular flexibility index (Phi) is 4.69. The van der Waals surface area contributed by atoms with Crippen molar-refractivity contribution in [3.63, 3.8) is 0 Å². The van der Waals surface area contributed by atoms with Gasteiger partial charge < -0.3 is 14.2 Å². The van der Waals surface area contributed by atoms with Crippen LogP contribution in [0.1, 0.15) is 38.2 Å². The van der Waals surface area contributed by atoms with Crippen LogP contribution in [0, 0.1) is 11.3 Å². The monoisotopic (exact) mass is 289 g/mol. The van der Waals surface area contributed by atoms with E-state index in [-0.39, 0.29) is 12.4 Å². The minimum absolute atomic E-state index is 0.231. The molecule has 1 fully saturated rings. The largest absolute Gasteiger partial charge is 0.490 e. The van der Waals surface area contributed by atoms with Gasteiger partial charge in [0.15, 0.2) is 11.5 Å². The van der Waals surface area contributed by atoms with E-state index in [2.05, 4.69) is 6.07 Å². The van der Waals surface area contributed by atoms with Gasteiger partial charge in [0.05, 0.1) is 31.8 Å². The number of nitrogens with zero attached hydrogens (tertiary/aromatic N) is 1. The van der Waals surface area contributed by atoms with Crippen molar-refractivity contribution in [1.82, 2.24) is 0 Å². The standard InChI is InChI=1S/C16H19NO4/c1-3-20-14-9-12(11-17)5-6-13(14)21-16(7-4-8-16)10-15(18)19-2/h5-6,9H,3-4,7-8,10H2,1-2H3. The number of hydrogen-bond acceptors (Lipinski definition) is 5. The summed E-state index contributed by atoms with van der Waals surface area (Å²) in [6, 6.07) is 7.14. The van der Waals surface area contributed by atoms with Gasteiger partial charge in [0, 0.05) is 6.07 Å². The van der Waals surface area contributed by atoms with Crippen LogP contribution >= 0.6 is 0 Å². The third-order valence-electron chi connectivity index (χ3n) is 3.66. The minimum Gasteiger partial charge on any atom is -0.490 e. The van der Waals surface area contributed by atoms with Crippen LogP contribution in [0.3, 0.4) is 0 Å². The lowest BCUT2D eigenvalue weighted by atomic mass is 9.77. The summed E-state index contributed by atoms with van der Waals surface area (Å²) in [6.45, 7) is 2.35. The molecule has 112 valence electrons. The highest BCUT2D eigenvalue weighted by molar-refractivity contribution is 5.70. The molecule has 0 unspecified atom stereocenters. The number of carbonyl (C=O) groups excluding carboxylic acids is 1. The van der Waals surface area contributed by atoms with Crippen molar-refractivity contribution >= 4 is 5.97 Å². The fraction of sp³-hybridized carbons (Fsp3) is 0.500. The van der Waals surface area contributed by atoms with Gasteiger partial charge in [0.1, 0.15) is 5.60 Å². The Bertz CT molecular complexity index is 558. The first-order valence-electron chi connectivity index (χ1n) is 7.05. The molecule has 0 atom stereocenters. The Balaban J connectivity index is 2.21. The fourth-order valence-electron chi connectivity index (χ4n) is 2.38. The second-order valence-corrected chi connectivity index (χ2v) is 5.10. The Hall–Kier alpha value is -2.22. The number of rotatable bonds is 6. The molecule has 0 aliphatic heterocycles. The van der Waals surface area contributed by atoms with Crippen LogP contribution in [0.2, 0.25) is 0 Å². The fourth-order valence-corrected chi connectivity index (χ4v) is 2.38.